The van der Waals surface area contributed by atoms with Crippen molar-refractivity contribution in [1.29, 1.82) is 0 Å². The Hall–Kier alpha value is -3.70. The average molecular weight is 577 g/mol. The monoisotopic (exact) mass is 576 g/mol. The van der Waals surface area contributed by atoms with Gasteiger partial charge in [0.1, 0.15) is 13.3 Å². The van der Waals surface area contributed by atoms with E-state index in [0.29, 0.717) is 0 Å². The third kappa shape index (κ3) is 5.55. The number of para-hydroxylation sites is 1. The Morgan fingerprint density at radius 2 is 1.52 bits per heavy atom. The molecule has 2 aliphatic rings. The van der Waals surface area contributed by atoms with Gasteiger partial charge in [-0.05, 0) is 68.7 Å². The molecule has 0 N–H and O–H groups in total. The first kappa shape index (κ1) is 28.4. The van der Waals surface area contributed by atoms with E-state index >= 15 is 0 Å². The van der Waals surface area contributed by atoms with Crippen LogP contribution >= 0.6 is 11.6 Å². The normalized spacial score (nSPS) is 17.2. The lowest BCUT2D eigenvalue weighted by atomic mass is 9.86. The third-order valence-electron chi connectivity index (χ3n) is 8.43. The highest BCUT2D eigenvalue weighted by Crippen LogP contribution is 2.44. The van der Waals surface area contributed by atoms with Crippen molar-refractivity contribution in [3.8, 4) is 0 Å². The predicted molar refractivity (Wildman–Crippen MR) is 176 cm³/mol. The largest absolute Gasteiger partial charge is 0.345 e. The summed E-state index contributed by atoms with van der Waals surface area (Å²) in [4.78, 5) is 8.70. The quantitative estimate of drug-likeness (QED) is 0.154. The lowest BCUT2D eigenvalue weighted by Crippen LogP contribution is -2.42. The predicted octanol–water partition coefficient (Wildman–Crippen LogP) is 8.67. The summed E-state index contributed by atoms with van der Waals surface area (Å²) in [5.41, 5.74) is 10.4. The molecule has 1 atom stereocenters. The molecule has 214 valence electrons. The van der Waals surface area contributed by atoms with E-state index in [-0.39, 0.29) is 6.23 Å². The number of benzene rings is 4. The van der Waals surface area contributed by atoms with Gasteiger partial charge in [0.2, 0.25) is 11.4 Å². The molecule has 1 saturated heterocycles. The number of piperidine rings is 1. The van der Waals surface area contributed by atoms with Gasteiger partial charge in [-0.15, -0.1) is 0 Å². The lowest BCUT2D eigenvalue weighted by molar-refractivity contribution is -0.400. The molecule has 1 unspecified atom stereocenters. The van der Waals surface area contributed by atoms with Crippen LogP contribution < -0.4 is 4.90 Å². The van der Waals surface area contributed by atoms with E-state index in [1.807, 2.05) is 12.1 Å². The summed E-state index contributed by atoms with van der Waals surface area (Å²) >= 11 is 6.96. The fraction of sp³-hybridized carbons (Fsp3) is 0.270. The molecular formula is C37H39ClN3O+. The molecule has 0 aromatic heterocycles. The van der Waals surface area contributed by atoms with Crippen molar-refractivity contribution in [1.82, 2.24) is 5.06 Å². The highest BCUT2D eigenvalue weighted by molar-refractivity contribution is 6.40. The van der Waals surface area contributed by atoms with E-state index in [9.17, 15) is 0 Å². The molecule has 0 aliphatic carbocycles. The van der Waals surface area contributed by atoms with Crippen molar-refractivity contribution >= 4 is 39.8 Å². The molecule has 0 radical (unpaired) electrons. The highest BCUT2D eigenvalue weighted by Gasteiger charge is 2.36. The number of fused-ring (bicyclic) bond motifs is 1. The van der Waals surface area contributed by atoms with Crippen molar-refractivity contribution in [2.75, 3.05) is 31.6 Å². The van der Waals surface area contributed by atoms with Crippen LogP contribution in [-0.2, 0) is 4.84 Å². The molecule has 2 aliphatic heterocycles. The summed E-state index contributed by atoms with van der Waals surface area (Å²) in [6, 6.07) is 36.4. The molecule has 6 rings (SSSR count). The summed E-state index contributed by atoms with van der Waals surface area (Å²) in [6.45, 7) is 7.21. The molecule has 2 heterocycles. The van der Waals surface area contributed by atoms with Crippen molar-refractivity contribution in [2.45, 2.75) is 39.3 Å². The second-order valence-corrected chi connectivity index (χ2v) is 11.5. The second-order valence-electron chi connectivity index (χ2n) is 11.0. The van der Waals surface area contributed by atoms with Gasteiger partial charge >= 0.3 is 0 Å². The van der Waals surface area contributed by atoms with E-state index in [1.54, 1.807) is 0 Å². The molecule has 4 nitrogen and oxygen atoms in total. The number of anilines is 1. The maximum Gasteiger partial charge on any atom is 0.221 e. The fourth-order valence-electron chi connectivity index (χ4n) is 6.39. The van der Waals surface area contributed by atoms with Crippen LogP contribution in [-0.4, -0.2) is 48.3 Å². The first-order valence-electron chi connectivity index (χ1n) is 15.1. The minimum Gasteiger partial charge on any atom is -0.345 e. The summed E-state index contributed by atoms with van der Waals surface area (Å²) in [6.07, 6.45) is 3.65. The van der Waals surface area contributed by atoms with E-state index in [1.165, 1.54) is 47.4 Å². The smallest absolute Gasteiger partial charge is 0.221 e. The Balaban J connectivity index is 1.48. The number of hydrogen-bond acceptors (Lipinski definition) is 3. The maximum absolute atomic E-state index is 6.96. The zero-order valence-corrected chi connectivity index (χ0v) is 25.5. The van der Waals surface area contributed by atoms with Gasteiger partial charge in [-0.1, -0.05) is 78.7 Å². The van der Waals surface area contributed by atoms with Crippen LogP contribution in [0.2, 0.25) is 5.02 Å². The fourth-order valence-corrected chi connectivity index (χ4v) is 6.62. The van der Waals surface area contributed by atoms with Crippen LogP contribution in [0.25, 0.3) is 11.1 Å². The Morgan fingerprint density at radius 3 is 2.24 bits per heavy atom. The summed E-state index contributed by atoms with van der Waals surface area (Å²) in [5.74, 6) is 0. The van der Waals surface area contributed by atoms with Crippen LogP contribution in [0.1, 0.15) is 55.4 Å². The summed E-state index contributed by atoms with van der Waals surface area (Å²) in [7, 11) is 2.16. The second kappa shape index (κ2) is 12.7. The van der Waals surface area contributed by atoms with Crippen LogP contribution in [0.5, 0.6) is 0 Å². The minimum atomic E-state index is -0.0475. The SMILES string of the molecule is CCN(c1ccc(C(=C2C(c3ccccc3)=[N+](C)c3ccccc32)c2ccccc2Cl)cc1)C(C)ON1CCCCC1. The van der Waals surface area contributed by atoms with E-state index in [4.69, 9.17) is 16.4 Å². The van der Waals surface area contributed by atoms with Gasteiger partial charge in [0.15, 0.2) is 0 Å². The van der Waals surface area contributed by atoms with Crippen molar-refractivity contribution in [2.24, 2.45) is 0 Å². The molecule has 4 aromatic rings. The molecule has 0 amide bonds. The van der Waals surface area contributed by atoms with Gasteiger partial charge in [-0.25, -0.2) is 0 Å². The number of hydroxylamine groups is 2. The first-order valence-corrected chi connectivity index (χ1v) is 15.5. The standard InChI is InChI=1S/C37H39ClN3O/c1-4-41(27(2)42-40-25-13-6-14-26-40)30-23-21-28(22-24-30)35(31-17-9-11-19-33(31)38)36-32-18-10-12-20-34(32)39(3)37(36)29-15-7-5-8-16-29/h5,7-12,15-24,27H,4,6,13-14,25-26H2,1-3H3/q+1. The molecule has 42 heavy (non-hydrogen) atoms. The number of halogens is 1. The summed E-state index contributed by atoms with van der Waals surface area (Å²) < 4.78 is 2.31. The number of allylic oxidation sites excluding steroid dienone is 1. The van der Waals surface area contributed by atoms with Gasteiger partial charge in [-0.2, -0.15) is 9.64 Å². The van der Waals surface area contributed by atoms with E-state index in [0.717, 1.165) is 47.0 Å². The van der Waals surface area contributed by atoms with Crippen molar-refractivity contribution < 1.29 is 9.41 Å². The molecule has 0 saturated carbocycles. The van der Waals surface area contributed by atoms with Gasteiger partial charge in [-0.3, -0.25) is 4.84 Å². The van der Waals surface area contributed by atoms with Crippen LogP contribution in [0.15, 0.2) is 103 Å². The van der Waals surface area contributed by atoms with Gasteiger partial charge in [0.25, 0.3) is 0 Å². The molecule has 1 fully saturated rings. The summed E-state index contributed by atoms with van der Waals surface area (Å²) in [5, 5.41) is 2.88. The van der Waals surface area contributed by atoms with Crippen molar-refractivity contribution in [3.05, 3.63) is 130 Å². The number of nitrogens with zero attached hydrogens (tertiary/aromatic N) is 3. The van der Waals surface area contributed by atoms with Crippen LogP contribution in [0, 0.1) is 0 Å². The van der Waals surface area contributed by atoms with Gasteiger partial charge in [0.05, 0.1) is 11.1 Å². The Kier molecular flexibility index (Phi) is 8.57. The Bertz CT molecular complexity index is 1600. The zero-order valence-electron chi connectivity index (χ0n) is 24.8. The maximum atomic E-state index is 6.96. The van der Waals surface area contributed by atoms with Crippen molar-refractivity contribution in [3.63, 3.8) is 0 Å². The highest BCUT2D eigenvalue weighted by atomic mass is 35.5. The molecule has 0 bridgehead atoms. The lowest BCUT2D eigenvalue weighted by Gasteiger charge is -2.35. The third-order valence-corrected chi connectivity index (χ3v) is 8.76. The number of hydrogen-bond donors (Lipinski definition) is 0. The zero-order chi connectivity index (χ0) is 29.1. The average Bonchev–Trinajstić information content (AvgIpc) is 3.32. The molecule has 4 aromatic carbocycles. The van der Waals surface area contributed by atoms with Crippen LogP contribution in [0.3, 0.4) is 0 Å². The molecule has 5 heteroatoms. The Morgan fingerprint density at radius 1 is 0.857 bits per heavy atom. The van der Waals surface area contributed by atoms with Crippen LogP contribution in [0.4, 0.5) is 11.4 Å². The topological polar surface area (TPSA) is 18.7 Å². The minimum absolute atomic E-state index is 0.0475. The number of rotatable bonds is 8. The van der Waals surface area contributed by atoms with Gasteiger partial charge < -0.3 is 4.90 Å². The van der Waals surface area contributed by atoms with E-state index < -0.39 is 0 Å². The molecule has 0 spiro atoms. The van der Waals surface area contributed by atoms with Gasteiger partial charge in [0, 0.05) is 53.1 Å². The molecular weight excluding hydrogens is 538 g/mol. The first-order chi connectivity index (χ1) is 20.6. The Labute approximate surface area is 255 Å². The van der Waals surface area contributed by atoms with E-state index in [2.05, 4.69) is 126 Å².